The lowest BCUT2D eigenvalue weighted by Crippen LogP contribution is -2.21. The average Bonchev–Trinajstić information content (AvgIpc) is 2.90. The maximum atomic E-state index is 4.48. The van der Waals surface area contributed by atoms with Gasteiger partial charge in [0.15, 0.2) is 5.13 Å². The second kappa shape index (κ2) is 7.04. The molecule has 0 aliphatic carbocycles. The highest BCUT2D eigenvalue weighted by molar-refractivity contribution is 9.10. The van der Waals surface area contributed by atoms with E-state index in [1.165, 1.54) is 4.88 Å². The highest BCUT2D eigenvalue weighted by Crippen LogP contribution is 2.23. The van der Waals surface area contributed by atoms with Gasteiger partial charge in [-0.1, -0.05) is 0 Å². The van der Waals surface area contributed by atoms with Gasteiger partial charge in [-0.05, 0) is 48.3 Å². The second-order valence-electron chi connectivity index (χ2n) is 4.47. The van der Waals surface area contributed by atoms with Gasteiger partial charge in [-0.15, -0.1) is 11.3 Å². The molecule has 0 fully saturated rings. The smallest absolute Gasteiger partial charge is 0.185 e. The molecule has 2 aromatic heterocycles. The molecule has 2 heterocycles. The molecule has 0 atom stereocenters. The molecular weight excluding hydrogens is 336 g/mol. The number of aryl methyl sites for hydroxylation is 1. The van der Waals surface area contributed by atoms with E-state index < -0.39 is 0 Å². The van der Waals surface area contributed by atoms with E-state index in [-0.39, 0.29) is 0 Å². The van der Waals surface area contributed by atoms with Crippen molar-refractivity contribution in [1.29, 1.82) is 0 Å². The highest BCUT2D eigenvalue weighted by atomic mass is 79.9. The van der Waals surface area contributed by atoms with E-state index >= 15 is 0 Å². The van der Waals surface area contributed by atoms with Crippen LogP contribution in [0.5, 0.6) is 0 Å². The Balaban J connectivity index is 1.98. The van der Waals surface area contributed by atoms with Crippen LogP contribution in [0.4, 0.5) is 10.8 Å². The average molecular weight is 355 g/mol. The maximum absolute atomic E-state index is 4.48. The molecular formula is C14H19BrN4S. The van der Waals surface area contributed by atoms with Crippen molar-refractivity contribution in [1.82, 2.24) is 9.97 Å². The van der Waals surface area contributed by atoms with E-state index in [0.717, 1.165) is 40.6 Å². The lowest BCUT2D eigenvalue weighted by molar-refractivity contribution is 0.860. The number of thiazole rings is 1. The molecule has 0 spiro atoms. The zero-order valence-electron chi connectivity index (χ0n) is 12.0. The summed E-state index contributed by atoms with van der Waals surface area (Å²) in [6.07, 6.45) is 3.79. The van der Waals surface area contributed by atoms with Crippen LogP contribution in [0.3, 0.4) is 0 Å². The Morgan fingerprint density at radius 3 is 2.65 bits per heavy atom. The van der Waals surface area contributed by atoms with Crippen LogP contribution < -0.4 is 10.2 Å². The van der Waals surface area contributed by atoms with Crippen LogP contribution in [0, 0.1) is 6.92 Å². The fraction of sp³-hybridized carbons (Fsp3) is 0.429. The number of hydrogen-bond acceptors (Lipinski definition) is 5. The first-order chi connectivity index (χ1) is 9.63. The van der Waals surface area contributed by atoms with E-state index in [0.29, 0.717) is 0 Å². The summed E-state index contributed by atoms with van der Waals surface area (Å²) >= 11 is 5.15. The van der Waals surface area contributed by atoms with Crippen LogP contribution >= 0.6 is 27.3 Å². The fourth-order valence-corrected chi connectivity index (χ4v) is 3.06. The third-order valence-electron chi connectivity index (χ3n) is 3.06. The van der Waals surface area contributed by atoms with Crippen molar-refractivity contribution < 1.29 is 0 Å². The Labute approximate surface area is 132 Å². The molecule has 0 unspecified atom stereocenters. The number of aromatic nitrogens is 2. The minimum atomic E-state index is 0.779. The van der Waals surface area contributed by atoms with E-state index in [4.69, 9.17) is 0 Å². The molecule has 0 bridgehead atoms. The van der Waals surface area contributed by atoms with Crippen molar-refractivity contribution in [3.63, 3.8) is 0 Å². The first-order valence-corrected chi connectivity index (χ1v) is 8.30. The first kappa shape index (κ1) is 15.3. The van der Waals surface area contributed by atoms with Crippen LogP contribution in [0.1, 0.15) is 24.3 Å². The summed E-state index contributed by atoms with van der Waals surface area (Å²) in [5, 5.41) is 4.48. The van der Waals surface area contributed by atoms with E-state index in [9.17, 15) is 0 Å². The number of rotatable bonds is 6. The van der Waals surface area contributed by atoms with Gasteiger partial charge in [0.2, 0.25) is 0 Å². The standard InChI is InChI=1S/C14H19BrN4S/c1-4-19(5-2)14-18-9-12(20-14)8-16-11-6-10(3)13(15)17-7-11/h6-7,9,16H,4-5,8H2,1-3H3. The monoisotopic (exact) mass is 354 g/mol. The Morgan fingerprint density at radius 1 is 1.25 bits per heavy atom. The fourth-order valence-electron chi connectivity index (χ4n) is 1.86. The molecule has 4 nitrogen and oxygen atoms in total. The molecule has 1 N–H and O–H groups in total. The van der Waals surface area contributed by atoms with E-state index in [2.05, 4.69) is 56.0 Å². The van der Waals surface area contributed by atoms with Crippen LogP contribution in [0.25, 0.3) is 0 Å². The lowest BCUT2D eigenvalue weighted by atomic mass is 10.3. The van der Waals surface area contributed by atoms with E-state index in [1.54, 1.807) is 11.3 Å². The normalized spacial score (nSPS) is 10.6. The third kappa shape index (κ3) is 3.70. The largest absolute Gasteiger partial charge is 0.379 e. The minimum absolute atomic E-state index is 0.779. The highest BCUT2D eigenvalue weighted by Gasteiger charge is 2.07. The Hall–Kier alpha value is -1.14. The van der Waals surface area contributed by atoms with Gasteiger partial charge in [-0.3, -0.25) is 0 Å². The summed E-state index contributed by atoms with van der Waals surface area (Å²) < 4.78 is 0.893. The minimum Gasteiger partial charge on any atom is -0.379 e. The van der Waals surface area contributed by atoms with E-state index in [1.807, 2.05) is 19.3 Å². The summed E-state index contributed by atoms with van der Waals surface area (Å²) in [6, 6.07) is 2.09. The van der Waals surface area contributed by atoms with Gasteiger partial charge in [-0.25, -0.2) is 9.97 Å². The molecule has 108 valence electrons. The number of nitrogens with zero attached hydrogens (tertiary/aromatic N) is 3. The lowest BCUT2D eigenvalue weighted by Gasteiger charge is -2.16. The molecule has 0 aromatic carbocycles. The van der Waals surface area contributed by atoms with Gasteiger partial charge in [0.25, 0.3) is 0 Å². The predicted molar refractivity (Wildman–Crippen MR) is 89.7 cm³/mol. The maximum Gasteiger partial charge on any atom is 0.185 e. The van der Waals surface area contributed by atoms with Crippen molar-refractivity contribution in [2.24, 2.45) is 0 Å². The molecule has 2 aromatic rings. The zero-order chi connectivity index (χ0) is 14.5. The van der Waals surface area contributed by atoms with Gasteiger partial charge in [0.05, 0.1) is 18.4 Å². The number of pyridine rings is 1. The van der Waals surface area contributed by atoms with Gasteiger partial charge >= 0.3 is 0 Å². The van der Waals surface area contributed by atoms with Crippen molar-refractivity contribution in [3.8, 4) is 0 Å². The molecule has 0 amide bonds. The molecule has 0 saturated heterocycles. The molecule has 0 aliphatic heterocycles. The number of anilines is 2. The van der Waals surface area contributed by atoms with Gasteiger partial charge < -0.3 is 10.2 Å². The summed E-state index contributed by atoms with van der Waals surface area (Å²) in [5.74, 6) is 0. The summed E-state index contributed by atoms with van der Waals surface area (Å²) in [7, 11) is 0. The second-order valence-corrected chi connectivity index (χ2v) is 6.31. The van der Waals surface area contributed by atoms with Gasteiger partial charge in [0, 0.05) is 24.2 Å². The predicted octanol–water partition coefficient (Wildman–Crippen LogP) is 4.07. The molecule has 20 heavy (non-hydrogen) atoms. The molecule has 0 saturated carbocycles. The number of halogens is 1. The summed E-state index contributed by atoms with van der Waals surface area (Å²) in [5.41, 5.74) is 2.16. The molecule has 6 heteroatoms. The van der Waals surface area contributed by atoms with Gasteiger partial charge in [0.1, 0.15) is 4.60 Å². The summed E-state index contributed by atoms with van der Waals surface area (Å²) in [4.78, 5) is 12.3. The van der Waals surface area contributed by atoms with Crippen molar-refractivity contribution >= 4 is 38.1 Å². The number of hydrogen-bond donors (Lipinski definition) is 1. The molecule has 0 radical (unpaired) electrons. The quantitative estimate of drug-likeness (QED) is 0.794. The zero-order valence-corrected chi connectivity index (χ0v) is 14.4. The molecule has 0 aliphatic rings. The SMILES string of the molecule is CCN(CC)c1ncc(CNc2cnc(Br)c(C)c2)s1. The van der Waals surface area contributed by atoms with Crippen molar-refractivity contribution in [3.05, 3.63) is 33.5 Å². The topological polar surface area (TPSA) is 41.1 Å². The van der Waals surface area contributed by atoms with Crippen LogP contribution in [0.15, 0.2) is 23.1 Å². The van der Waals surface area contributed by atoms with Crippen LogP contribution in [-0.2, 0) is 6.54 Å². The summed E-state index contributed by atoms with van der Waals surface area (Å²) in [6.45, 7) is 9.10. The van der Waals surface area contributed by atoms with Crippen molar-refractivity contribution in [2.75, 3.05) is 23.3 Å². The Morgan fingerprint density at radius 2 is 2.00 bits per heavy atom. The Bertz CT molecular complexity index is 566. The Kier molecular flexibility index (Phi) is 5.37. The number of nitrogens with one attached hydrogen (secondary N) is 1. The third-order valence-corrected chi connectivity index (χ3v) is 4.94. The first-order valence-electron chi connectivity index (χ1n) is 6.69. The molecule has 2 rings (SSSR count). The van der Waals surface area contributed by atoms with Gasteiger partial charge in [-0.2, -0.15) is 0 Å². The van der Waals surface area contributed by atoms with Crippen molar-refractivity contribution in [2.45, 2.75) is 27.3 Å². The van der Waals surface area contributed by atoms with Crippen LogP contribution in [0.2, 0.25) is 0 Å². The van der Waals surface area contributed by atoms with Crippen LogP contribution in [-0.4, -0.2) is 23.1 Å².